The van der Waals surface area contributed by atoms with Crippen LogP contribution in [0.4, 0.5) is 0 Å². The molecule has 1 amide bonds. The number of rotatable bonds is 7. The number of carbonyl (C=O) groups is 1. The minimum Gasteiger partial charge on any atom is -0.487 e. The van der Waals surface area contributed by atoms with Crippen LogP contribution in [0.2, 0.25) is 0 Å². The molecule has 1 heterocycles. The van der Waals surface area contributed by atoms with E-state index in [4.69, 9.17) is 4.74 Å². The van der Waals surface area contributed by atoms with Crippen LogP contribution in [0, 0.1) is 11.8 Å². The van der Waals surface area contributed by atoms with Crippen LogP contribution in [-0.4, -0.2) is 67.5 Å². The Morgan fingerprint density at radius 3 is 2.53 bits per heavy atom. The molecule has 34 heavy (non-hydrogen) atoms. The fourth-order valence-corrected chi connectivity index (χ4v) is 6.18. The zero-order valence-corrected chi connectivity index (χ0v) is 20.9. The number of benzene rings is 2. The van der Waals surface area contributed by atoms with Gasteiger partial charge >= 0.3 is 0 Å². The number of likely N-dealkylation sites (N-methyl/N-ethyl adjacent to an activating group) is 1. The number of aliphatic hydroxyl groups is 1. The third-order valence-electron chi connectivity index (χ3n) is 6.81. The summed E-state index contributed by atoms with van der Waals surface area (Å²) in [5.74, 6) is 0.655. The van der Waals surface area contributed by atoms with Crippen molar-refractivity contribution in [3.8, 4) is 16.9 Å². The third kappa shape index (κ3) is 5.29. The predicted molar refractivity (Wildman–Crippen MR) is 131 cm³/mol. The molecule has 1 fully saturated rings. The van der Waals surface area contributed by atoms with Crippen molar-refractivity contribution >= 4 is 15.9 Å². The van der Waals surface area contributed by atoms with Crippen LogP contribution in [0.3, 0.4) is 0 Å². The SMILES string of the molecule is C[C@H](CO)N1C[C@H](C)[C@@H](CN(C)C(=O)CC2CC2)Oc2cc(-c3ccccc3)ccc2S1(=O)=O. The van der Waals surface area contributed by atoms with E-state index in [1.54, 1.807) is 37.1 Å². The molecule has 4 rings (SSSR count). The van der Waals surface area contributed by atoms with Gasteiger partial charge in [-0.15, -0.1) is 0 Å². The van der Waals surface area contributed by atoms with Gasteiger partial charge in [-0.3, -0.25) is 4.79 Å². The lowest BCUT2D eigenvalue weighted by molar-refractivity contribution is -0.131. The Bertz CT molecular complexity index is 1120. The van der Waals surface area contributed by atoms with Crippen molar-refractivity contribution in [1.82, 2.24) is 9.21 Å². The highest BCUT2D eigenvalue weighted by Crippen LogP contribution is 2.37. The Labute approximate surface area is 202 Å². The van der Waals surface area contributed by atoms with E-state index >= 15 is 0 Å². The monoisotopic (exact) mass is 486 g/mol. The molecule has 2 aliphatic rings. The van der Waals surface area contributed by atoms with Crippen molar-refractivity contribution in [3.05, 3.63) is 48.5 Å². The standard InChI is InChI=1S/C26H34N2O5S/c1-18-15-28(19(2)17-29)34(31,32)25-12-11-22(21-7-5-4-6-8-21)14-23(25)33-24(18)16-27(3)26(30)13-20-9-10-20/h4-8,11-12,14,18-20,24,29H,9-10,13,15-17H2,1-3H3/t18-,19+,24+/m0/s1. The molecular weight excluding hydrogens is 452 g/mol. The van der Waals surface area contributed by atoms with E-state index in [-0.39, 0.29) is 35.6 Å². The average molecular weight is 487 g/mol. The van der Waals surface area contributed by atoms with Crippen molar-refractivity contribution in [2.75, 3.05) is 26.7 Å². The number of carbonyl (C=O) groups excluding carboxylic acids is 1. The van der Waals surface area contributed by atoms with Gasteiger partial charge in [0.1, 0.15) is 16.7 Å². The summed E-state index contributed by atoms with van der Waals surface area (Å²) in [5, 5.41) is 9.79. The molecule has 7 nitrogen and oxygen atoms in total. The summed E-state index contributed by atoms with van der Waals surface area (Å²) in [6, 6.07) is 14.3. The van der Waals surface area contributed by atoms with Gasteiger partial charge in [0.15, 0.2) is 0 Å². The van der Waals surface area contributed by atoms with Crippen LogP contribution in [-0.2, 0) is 14.8 Å². The van der Waals surface area contributed by atoms with Crippen LogP contribution in [0.25, 0.3) is 11.1 Å². The van der Waals surface area contributed by atoms with E-state index in [0.717, 1.165) is 24.0 Å². The first-order chi connectivity index (χ1) is 16.2. The lowest BCUT2D eigenvalue weighted by Gasteiger charge is -2.37. The van der Waals surface area contributed by atoms with Gasteiger partial charge in [0.25, 0.3) is 0 Å². The summed E-state index contributed by atoms with van der Waals surface area (Å²) in [4.78, 5) is 14.4. The van der Waals surface area contributed by atoms with Crippen molar-refractivity contribution in [2.24, 2.45) is 11.8 Å². The van der Waals surface area contributed by atoms with Gasteiger partial charge in [0.05, 0.1) is 13.2 Å². The number of fused-ring (bicyclic) bond motifs is 1. The molecule has 0 unspecified atom stereocenters. The normalized spacial score (nSPS) is 23.2. The molecule has 0 bridgehead atoms. The van der Waals surface area contributed by atoms with E-state index in [9.17, 15) is 18.3 Å². The topological polar surface area (TPSA) is 87.2 Å². The van der Waals surface area contributed by atoms with Crippen LogP contribution < -0.4 is 4.74 Å². The van der Waals surface area contributed by atoms with E-state index in [1.807, 2.05) is 37.3 Å². The maximum atomic E-state index is 13.6. The molecule has 3 atom stereocenters. The van der Waals surface area contributed by atoms with Gasteiger partial charge in [0.2, 0.25) is 15.9 Å². The molecule has 0 saturated heterocycles. The first-order valence-corrected chi connectivity index (χ1v) is 13.4. The largest absolute Gasteiger partial charge is 0.487 e. The highest BCUT2D eigenvalue weighted by molar-refractivity contribution is 7.89. The summed E-state index contributed by atoms with van der Waals surface area (Å²) < 4.78 is 35.0. The molecule has 0 aromatic heterocycles. The van der Waals surface area contributed by atoms with Crippen LogP contribution in [0.15, 0.2) is 53.4 Å². The first-order valence-electron chi connectivity index (χ1n) is 11.9. The number of sulfonamides is 1. The first kappa shape index (κ1) is 24.7. The van der Waals surface area contributed by atoms with Crippen LogP contribution >= 0.6 is 0 Å². The average Bonchev–Trinajstić information content (AvgIpc) is 3.65. The quantitative estimate of drug-likeness (QED) is 0.648. The molecule has 184 valence electrons. The zero-order chi connectivity index (χ0) is 24.5. The molecule has 8 heteroatoms. The summed E-state index contributed by atoms with van der Waals surface area (Å²) >= 11 is 0. The van der Waals surface area contributed by atoms with E-state index < -0.39 is 22.2 Å². The third-order valence-corrected chi connectivity index (χ3v) is 8.83. The van der Waals surface area contributed by atoms with Gasteiger partial charge in [-0.1, -0.05) is 43.3 Å². The van der Waals surface area contributed by atoms with Crippen LogP contribution in [0.1, 0.15) is 33.1 Å². The Morgan fingerprint density at radius 1 is 1.18 bits per heavy atom. The number of aliphatic hydroxyl groups excluding tert-OH is 1. The molecule has 1 N–H and O–H groups in total. The second-order valence-electron chi connectivity index (χ2n) is 9.69. The Morgan fingerprint density at radius 2 is 1.88 bits per heavy atom. The van der Waals surface area contributed by atoms with Crippen LogP contribution in [0.5, 0.6) is 5.75 Å². The fourth-order valence-electron chi connectivity index (χ4n) is 4.35. The molecular formula is C26H34N2O5S. The smallest absolute Gasteiger partial charge is 0.247 e. The number of hydrogen-bond acceptors (Lipinski definition) is 5. The van der Waals surface area contributed by atoms with E-state index in [0.29, 0.717) is 18.9 Å². The minimum absolute atomic E-state index is 0.0799. The maximum Gasteiger partial charge on any atom is 0.247 e. The van der Waals surface area contributed by atoms with Gasteiger partial charge < -0.3 is 14.7 Å². The second kappa shape index (κ2) is 10.1. The molecule has 1 aliphatic carbocycles. The molecule has 1 saturated carbocycles. The maximum absolute atomic E-state index is 13.6. The number of nitrogens with zero attached hydrogens (tertiary/aromatic N) is 2. The highest BCUT2D eigenvalue weighted by atomic mass is 32.2. The lowest BCUT2D eigenvalue weighted by Crippen LogP contribution is -2.50. The van der Waals surface area contributed by atoms with Gasteiger partial charge in [-0.05, 0) is 48.9 Å². The predicted octanol–water partition coefficient (Wildman–Crippen LogP) is 3.38. The van der Waals surface area contributed by atoms with Crippen molar-refractivity contribution in [3.63, 3.8) is 0 Å². The summed E-state index contributed by atoms with van der Waals surface area (Å²) in [7, 11) is -2.11. The Balaban J connectivity index is 1.72. The summed E-state index contributed by atoms with van der Waals surface area (Å²) in [6.45, 7) is 3.91. The fraction of sp³-hybridized carbons (Fsp3) is 0.500. The number of amides is 1. The van der Waals surface area contributed by atoms with Gasteiger partial charge in [0, 0.05) is 32.0 Å². The minimum atomic E-state index is -3.89. The van der Waals surface area contributed by atoms with Crippen molar-refractivity contribution in [1.29, 1.82) is 0 Å². The molecule has 0 radical (unpaired) electrons. The van der Waals surface area contributed by atoms with E-state index in [1.165, 1.54) is 4.31 Å². The van der Waals surface area contributed by atoms with Gasteiger partial charge in [-0.25, -0.2) is 8.42 Å². The highest BCUT2D eigenvalue weighted by Gasteiger charge is 2.38. The molecule has 0 spiro atoms. The number of ether oxygens (including phenoxy) is 1. The van der Waals surface area contributed by atoms with Crippen molar-refractivity contribution < 1.29 is 23.1 Å². The second-order valence-corrected chi connectivity index (χ2v) is 11.5. The molecule has 2 aromatic carbocycles. The van der Waals surface area contributed by atoms with E-state index in [2.05, 4.69) is 0 Å². The van der Waals surface area contributed by atoms with Gasteiger partial charge in [-0.2, -0.15) is 4.31 Å². The Kier molecular flexibility index (Phi) is 7.31. The summed E-state index contributed by atoms with van der Waals surface area (Å²) in [6.07, 6.45) is 2.37. The summed E-state index contributed by atoms with van der Waals surface area (Å²) in [5.41, 5.74) is 1.80. The lowest BCUT2D eigenvalue weighted by atomic mass is 10.0. The zero-order valence-electron chi connectivity index (χ0n) is 20.1. The molecule has 2 aromatic rings. The van der Waals surface area contributed by atoms with Crippen molar-refractivity contribution in [2.45, 2.75) is 50.2 Å². The molecule has 1 aliphatic heterocycles. The Hall–Kier alpha value is -2.42. The number of hydrogen-bond donors (Lipinski definition) is 1.